The number of amides is 2. The minimum absolute atomic E-state index is 0.0178. The molecule has 0 heterocycles. The molecule has 0 unspecified atom stereocenters. The standard InChI is InChI=1S/C21H27N3O5S/c1-4-30(27,28)24(2)17-12-10-16(11-13-17)20(25)23-19-9-6-5-8-18(19)21(26)22-14-7-15-29-3/h5-6,8-13H,4,7,14-15H2,1-3H3,(H,22,26)(H,23,25). The van der Waals surface area contributed by atoms with Crippen molar-refractivity contribution < 1.29 is 22.7 Å². The molecule has 0 aliphatic carbocycles. The molecule has 2 aromatic carbocycles. The number of hydrogen-bond acceptors (Lipinski definition) is 5. The molecule has 0 saturated carbocycles. The first kappa shape index (κ1) is 23.4. The van der Waals surface area contributed by atoms with E-state index in [2.05, 4.69) is 10.6 Å². The zero-order valence-corrected chi connectivity index (χ0v) is 18.2. The van der Waals surface area contributed by atoms with Crippen LogP contribution in [0.1, 0.15) is 34.1 Å². The Hall–Kier alpha value is -2.91. The van der Waals surface area contributed by atoms with E-state index < -0.39 is 15.9 Å². The van der Waals surface area contributed by atoms with Crippen molar-refractivity contribution in [3.63, 3.8) is 0 Å². The third kappa shape index (κ3) is 6.04. The van der Waals surface area contributed by atoms with Crippen LogP contribution in [0.25, 0.3) is 0 Å². The highest BCUT2D eigenvalue weighted by molar-refractivity contribution is 7.92. The van der Waals surface area contributed by atoms with Gasteiger partial charge in [0.05, 0.1) is 22.7 Å². The molecule has 30 heavy (non-hydrogen) atoms. The van der Waals surface area contributed by atoms with E-state index in [0.29, 0.717) is 42.1 Å². The number of anilines is 2. The first-order valence-electron chi connectivity index (χ1n) is 9.54. The molecular formula is C21H27N3O5S. The Morgan fingerprint density at radius 3 is 2.33 bits per heavy atom. The molecule has 2 amide bonds. The zero-order chi connectivity index (χ0) is 22.1. The number of benzene rings is 2. The third-order valence-electron chi connectivity index (χ3n) is 4.51. The monoisotopic (exact) mass is 433 g/mol. The van der Waals surface area contributed by atoms with Gasteiger partial charge in [0.2, 0.25) is 10.0 Å². The number of carbonyl (C=O) groups excluding carboxylic acids is 2. The van der Waals surface area contributed by atoms with Gasteiger partial charge < -0.3 is 15.4 Å². The van der Waals surface area contributed by atoms with E-state index in [4.69, 9.17) is 4.74 Å². The number of sulfonamides is 1. The van der Waals surface area contributed by atoms with Crippen LogP contribution < -0.4 is 14.9 Å². The smallest absolute Gasteiger partial charge is 0.255 e. The maximum Gasteiger partial charge on any atom is 0.255 e. The summed E-state index contributed by atoms with van der Waals surface area (Å²) < 4.78 is 30.1. The van der Waals surface area contributed by atoms with Crippen molar-refractivity contribution in [2.45, 2.75) is 13.3 Å². The van der Waals surface area contributed by atoms with Crippen molar-refractivity contribution in [1.82, 2.24) is 5.32 Å². The molecule has 0 aliphatic heterocycles. The Morgan fingerprint density at radius 1 is 1.03 bits per heavy atom. The van der Waals surface area contributed by atoms with Gasteiger partial charge in [0, 0.05) is 32.9 Å². The topological polar surface area (TPSA) is 105 Å². The van der Waals surface area contributed by atoms with Gasteiger partial charge >= 0.3 is 0 Å². The second-order valence-corrected chi connectivity index (χ2v) is 8.81. The van der Waals surface area contributed by atoms with Gasteiger partial charge in [-0.1, -0.05) is 12.1 Å². The number of para-hydroxylation sites is 1. The number of methoxy groups -OCH3 is 1. The number of nitrogens with one attached hydrogen (secondary N) is 2. The molecule has 162 valence electrons. The predicted octanol–water partition coefficient (Wildman–Crippen LogP) is 2.49. The highest BCUT2D eigenvalue weighted by atomic mass is 32.2. The second-order valence-electron chi connectivity index (χ2n) is 6.52. The first-order chi connectivity index (χ1) is 14.3. The maximum atomic E-state index is 12.6. The molecule has 0 fully saturated rings. The Bertz CT molecular complexity index is 974. The highest BCUT2D eigenvalue weighted by Crippen LogP contribution is 2.20. The van der Waals surface area contributed by atoms with E-state index in [-0.39, 0.29) is 11.7 Å². The summed E-state index contributed by atoms with van der Waals surface area (Å²) in [6.45, 7) is 2.58. The normalized spacial score (nSPS) is 11.0. The quantitative estimate of drug-likeness (QED) is 0.560. The lowest BCUT2D eigenvalue weighted by atomic mass is 10.1. The van der Waals surface area contributed by atoms with Gasteiger partial charge in [0.15, 0.2) is 0 Å². The van der Waals surface area contributed by atoms with Crippen LogP contribution in [-0.2, 0) is 14.8 Å². The fourth-order valence-corrected chi connectivity index (χ4v) is 3.51. The summed E-state index contributed by atoms with van der Waals surface area (Å²) in [6.07, 6.45) is 0.686. The Kier molecular flexibility index (Phi) is 8.37. The number of nitrogens with zero attached hydrogens (tertiary/aromatic N) is 1. The number of ether oxygens (including phenoxy) is 1. The Balaban J connectivity index is 2.10. The van der Waals surface area contributed by atoms with E-state index >= 15 is 0 Å². The van der Waals surface area contributed by atoms with Crippen LogP contribution in [0.5, 0.6) is 0 Å². The van der Waals surface area contributed by atoms with E-state index in [1.165, 1.54) is 11.4 Å². The Morgan fingerprint density at radius 2 is 1.70 bits per heavy atom. The van der Waals surface area contributed by atoms with Crippen molar-refractivity contribution >= 4 is 33.2 Å². The van der Waals surface area contributed by atoms with Gasteiger partial charge in [-0.15, -0.1) is 0 Å². The molecule has 0 radical (unpaired) electrons. The Labute approximate surface area is 177 Å². The summed E-state index contributed by atoms with van der Waals surface area (Å²) in [7, 11) is -0.314. The van der Waals surface area contributed by atoms with E-state index in [1.807, 2.05) is 0 Å². The van der Waals surface area contributed by atoms with Crippen molar-refractivity contribution in [2.24, 2.45) is 0 Å². The number of hydrogen-bond donors (Lipinski definition) is 2. The summed E-state index contributed by atoms with van der Waals surface area (Å²) in [5.74, 6) is -0.707. The lowest BCUT2D eigenvalue weighted by Crippen LogP contribution is -2.28. The van der Waals surface area contributed by atoms with Gasteiger partial charge in [-0.3, -0.25) is 13.9 Å². The summed E-state index contributed by atoms with van der Waals surface area (Å²) in [4.78, 5) is 25.1. The fourth-order valence-electron chi connectivity index (χ4n) is 2.68. The minimum atomic E-state index is -3.38. The average Bonchev–Trinajstić information content (AvgIpc) is 2.76. The van der Waals surface area contributed by atoms with Crippen molar-refractivity contribution in [1.29, 1.82) is 0 Å². The number of carbonyl (C=O) groups is 2. The van der Waals surface area contributed by atoms with Crippen LogP contribution in [0.2, 0.25) is 0 Å². The molecular weight excluding hydrogens is 406 g/mol. The summed E-state index contributed by atoms with van der Waals surface area (Å²) in [5.41, 5.74) is 1.55. The molecule has 9 heteroatoms. The molecule has 2 rings (SSSR count). The van der Waals surface area contributed by atoms with Crippen LogP contribution >= 0.6 is 0 Å². The van der Waals surface area contributed by atoms with Crippen LogP contribution in [0.15, 0.2) is 48.5 Å². The first-order valence-corrected chi connectivity index (χ1v) is 11.1. The van der Waals surface area contributed by atoms with Gasteiger partial charge in [-0.05, 0) is 49.7 Å². The lowest BCUT2D eigenvalue weighted by molar-refractivity contribution is 0.0949. The third-order valence-corrected chi connectivity index (χ3v) is 6.28. The fraction of sp³-hybridized carbons (Fsp3) is 0.333. The molecule has 2 aromatic rings. The summed E-state index contributed by atoms with van der Waals surface area (Å²) in [5, 5.41) is 5.54. The molecule has 8 nitrogen and oxygen atoms in total. The lowest BCUT2D eigenvalue weighted by Gasteiger charge is -2.18. The molecule has 0 aliphatic rings. The minimum Gasteiger partial charge on any atom is -0.385 e. The van der Waals surface area contributed by atoms with Crippen LogP contribution in [0, 0.1) is 0 Å². The molecule has 0 bridgehead atoms. The van der Waals surface area contributed by atoms with Gasteiger partial charge in [0.25, 0.3) is 11.8 Å². The van der Waals surface area contributed by atoms with Crippen LogP contribution in [-0.4, -0.2) is 53.3 Å². The van der Waals surface area contributed by atoms with Crippen molar-refractivity contribution in [3.05, 3.63) is 59.7 Å². The molecule has 2 N–H and O–H groups in total. The second kappa shape index (κ2) is 10.7. The van der Waals surface area contributed by atoms with Crippen molar-refractivity contribution in [2.75, 3.05) is 42.7 Å². The largest absolute Gasteiger partial charge is 0.385 e. The SMILES string of the molecule is CCS(=O)(=O)N(C)c1ccc(C(=O)Nc2ccccc2C(=O)NCCCOC)cc1. The summed E-state index contributed by atoms with van der Waals surface area (Å²) >= 11 is 0. The highest BCUT2D eigenvalue weighted by Gasteiger charge is 2.17. The van der Waals surface area contributed by atoms with Gasteiger partial charge in [0.1, 0.15) is 0 Å². The van der Waals surface area contributed by atoms with E-state index in [1.54, 1.807) is 62.6 Å². The predicted molar refractivity (Wildman–Crippen MR) is 118 cm³/mol. The van der Waals surface area contributed by atoms with Gasteiger partial charge in [-0.2, -0.15) is 0 Å². The van der Waals surface area contributed by atoms with Crippen LogP contribution in [0.4, 0.5) is 11.4 Å². The zero-order valence-electron chi connectivity index (χ0n) is 17.3. The maximum absolute atomic E-state index is 12.6. The van der Waals surface area contributed by atoms with E-state index in [0.717, 1.165) is 0 Å². The van der Waals surface area contributed by atoms with Crippen LogP contribution in [0.3, 0.4) is 0 Å². The molecule has 0 aromatic heterocycles. The molecule has 0 atom stereocenters. The van der Waals surface area contributed by atoms with Gasteiger partial charge in [-0.25, -0.2) is 8.42 Å². The summed E-state index contributed by atoms with van der Waals surface area (Å²) in [6, 6.07) is 12.9. The van der Waals surface area contributed by atoms with Crippen molar-refractivity contribution in [3.8, 4) is 0 Å². The number of rotatable bonds is 10. The molecule has 0 spiro atoms. The molecule has 0 saturated heterocycles. The average molecular weight is 434 g/mol. The van der Waals surface area contributed by atoms with E-state index in [9.17, 15) is 18.0 Å².